The Hall–Kier alpha value is -3.56. The van der Waals surface area contributed by atoms with E-state index in [9.17, 15) is 33.0 Å². The minimum Gasteiger partial charge on any atom is -0.477 e. The largest absolute Gasteiger partial charge is 0.477 e. The van der Waals surface area contributed by atoms with E-state index in [0.29, 0.717) is 36.3 Å². The maximum atomic E-state index is 14.0. The van der Waals surface area contributed by atoms with E-state index in [1.807, 2.05) is 18.2 Å². The van der Waals surface area contributed by atoms with E-state index in [1.165, 1.54) is 16.1 Å². The highest BCUT2D eigenvalue weighted by molar-refractivity contribution is 7.93. The third kappa shape index (κ3) is 5.02. The third-order valence-electron chi connectivity index (χ3n) is 11.9. The van der Waals surface area contributed by atoms with Crippen molar-refractivity contribution in [2.45, 2.75) is 43.7 Å². The maximum absolute atomic E-state index is 14.0. The summed E-state index contributed by atoms with van der Waals surface area (Å²) in [7, 11) is -3.99. The van der Waals surface area contributed by atoms with Crippen molar-refractivity contribution in [3.63, 3.8) is 0 Å². The summed E-state index contributed by atoms with van der Waals surface area (Å²) in [6.07, 6.45) is 0.620. The van der Waals surface area contributed by atoms with Gasteiger partial charge in [0.1, 0.15) is 45.0 Å². The molecule has 2 aromatic rings. The minimum absolute atomic E-state index is 0.0994. The molecule has 0 radical (unpaired) electrons. The molecule has 13 nitrogen and oxygen atoms in total. The van der Waals surface area contributed by atoms with Gasteiger partial charge in [-0.05, 0) is 48.5 Å². The van der Waals surface area contributed by atoms with E-state index in [-0.39, 0.29) is 23.0 Å². The molecule has 0 aliphatic carbocycles. The summed E-state index contributed by atoms with van der Waals surface area (Å²) in [4.78, 5) is 39.3. The summed E-state index contributed by atoms with van der Waals surface area (Å²) in [5.41, 5.74) is 7.33. The van der Waals surface area contributed by atoms with Crippen molar-refractivity contribution >= 4 is 44.3 Å². The first-order valence-electron chi connectivity index (χ1n) is 17.0. The molecule has 14 heteroatoms. The van der Waals surface area contributed by atoms with Gasteiger partial charge in [0.25, 0.3) is 15.9 Å². The highest BCUT2D eigenvalue weighted by Crippen LogP contribution is 2.50. The molecule has 0 spiro atoms. The van der Waals surface area contributed by atoms with Gasteiger partial charge in [-0.15, -0.1) is 0 Å². The van der Waals surface area contributed by atoms with Crippen molar-refractivity contribution < 1.29 is 42.0 Å². The molecular weight excluding hydrogens is 636 g/mol. The molecule has 4 fully saturated rings. The second kappa shape index (κ2) is 11.8. The quantitative estimate of drug-likeness (QED) is 0.140. The average Bonchev–Trinajstić information content (AvgIpc) is 3.42. The molecule has 0 saturated carbocycles. The maximum Gasteiger partial charge on any atom is 0.352 e. The number of amides is 2. The number of anilines is 1. The van der Waals surface area contributed by atoms with Crippen LogP contribution >= 0.6 is 0 Å². The lowest BCUT2D eigenvalue weighted by atomic mass is 9.78. The first-order valence-corrected chi connectivity index (χ1v) is 18.5. The van der Waals surface area contributed by atoms with Gasteiger partial charge >= 0.3 is 5.97 Å². The first-order chi connectivity index (χ1) is 22.8. The van der Waals surface area contributed by atoms with Crippen molar-refractivity contribution in [1.82, 2.24) is 10.2 Å². The Morgan fingerprint density at radius 3 is 2.42 bits per heavy atom. The number of nitrogens with zero attached hydrogens (tertiary/aromatic N) is 4. The Kier molecular flexibility index (Phi) is 8.10. The molecule has 5 N–H and O–H groups in total. The van der Waals surface area contributed by atoms with Gasteiger partial charge in [-0.1, -0.05) is 25.1 Å². The summed E-state index contributed by atoms with van der Waals surface area (Å²) < 4.78 is 31.2. The number of rotatable bonds is 12. The number of aliphatic hydroxyl groups excluding tert-OH is 1. The molecule has 2 aromatic carbocycles. The molecule has 2 bridgehead atoms. The smallest absolute Gasteiger partial charge is 0.352 e. The van der Waals surface area contributed by atoms with E-state index in [4.69, 9.17) is 5.73 Å². The van der Waals surface area contributed by atoms with Crippen LogP contribution in [-0.2, 0) is 30.8 Å². The Morgan fingerprint density at radius 1 is 1.08 bits per heavy atom. The number of fused-ring (bicyclic) bond motifs is 4. The zero-order chi connectivity index (χ0) is 34.2. The number of sulfonamides is 1. The molecular formula is C34H46N6O7S+2. The van der Waals surface area contributed by atoms with Gasteiger partial charge < -0.3 is 35.1 Å². The number of benzene rings is 2. The zero-order valence-electron chi connectivity index (χ0n) is 27.6. The summed E-state index contributed by atoms with van der Waals surface area (Å²) in [6, 6.07) is 8.65. The normalized spacial score (nSPS) is 30.5. The van der Waals surface area contributed by atoms with Crippen molar-refractivity contribution in [2.24, 2.45) is 17.6 Å². The lowest BCUT2D eigenvalue weighted by molar-refractivity contribution is -1.08. The Bertz CT molecular complexity index is 1820. The number of hydrogen-bond donors (Lipinski definition) is 4. The standard InChI is InChI=1S/C34H44N6O7S/c1-21-25(32(34(44)45)38-31(21)29(22(2)41)33(38)43)19-37-26-6-3-5-24-23(7-8-27(30(24)26)48(37,46)47)9-12-39-13-16-40(17-14-39,18-15-39)20-28(42)36-11-4-10-35/h3,5-8,21-22,29,31,41H,4,9-20,35H2,1-2H3/p+2/t21-,22+,29+,31+,39?,40?/m0/s1. The number of nitrogens with one attached hydrogen (secondary N) is 1. The van der Waals surface area contributed by atoms with Crippen LogP contribution in [-0.4, -0.2) is 134 Å². The van der Waals surface area contributed by atoms with Crippen molar-refractivity contribution in [3.8, 4) is 0 Å². The number of carbonyl (C=O) groups is 3. The van der Waals surface area contributed by atoms with Crippen LogP contribution in [0.15, 0.2) is 46.5 Å². The van der Waals surface area contributed by atoms with Gasteiger partial charge in [0, 0.05) is 24.3 Å². The van der Waals surface area contributed by atoms with Gasteiger partial charge in [-0.3, -0.25) is 13.9 Å². The average molecular weight is 683 g/mol. The molecule has 6 heterocycles. The van der Waals surface area contributed by atoms with E-state index < -0.39 is 45.9 Å². The second-order valence-electron chi connectivity index (χ2n) is 14.5. The van der Waals surface area contributed by atoms with E-state index in [0.717, 1.165) is 78.6 Å². The molecule has 4 atom stereocenters. The van der Waals surface area contributed by atoms with Crippen LogP contribution in [0.3, 0.4) is 0 Å². The lowest BCUT2D eigenvalue weighted by Gasteiger charge is -2.55. The fraction of sp³-hybridized carbons (Fsp3) is 0.559. The Morgan fingerprint density at radius 2 is 1.77 bits per heavy atom. The third-order valence-corrected chi connectivity index (χ3v) is 13.7. The number of aliphatic carboxylic acids is 1. The van der Waals surface area contributed by atoms with Crippen molar-refractivity contribution in [3.05, 3.63) is 47.2 Å². The van der Waals surface area contributed by atoms with Crippen LogP contribution in [0.4, 0.5) is 5.69 Å². The number of piperazine rings is 3. The lowest BCUT2D eigenvalue weighted by Crippen LogP contribution is -2.76. The minimum atomic E-state index is -3.99. The van der Waals surface area contributed by atoms with Crippen LogP contribution in [0.1, 0.15) is 25.8 Å². The van der Waals surface area contributed by atoms with Crippen molar-refractivity contribution in [1.29, 1.82) is 0 Å². The number of carbonyl (C=O) groups excluding carboxylic acids is 2. The topological polar surface area (TPSA) is 170 Å². The predicted octanol–water partition coefficient (Wildman–Crippen LogP) is 0.213. The van der Waals surface area contributed by atoms with E-state index in [1.54, 1.807) is 19.1 Å². The molecule has 6 aliphatic heterocycles. The molecule has 258 valence electrons. The number of quaternary nitrogens is 2. The van der Waals surface area contributed by atoms with Crippen LogP contribution in [0, 0.1) is 11.8 Å². The highest BCUT2D eigenvalue weighted by atomic mass is 32.2. The fourth-order valence-electron chi connectivity index (χ4n) is 9.05. The number of carboxylic acids is 1. The predicted molar refractivity (Wildman–Crippen MR) is 178 cm³/mol. The van der Waals surface area contributed by atoms with Gasteiger partial charge in [0.15, 0.2) is 6.54 Å². The number of carboxylic acid groups (broad SMARTS) is 1. The molecule has 0 unspecified atom stereocenters. The van der Waals surface area contributed by atoms with E-state index in [2.05, 4.69) is 5.32 Å². The fourth-order valence-corrected chi connectivity index (χ4v) is 10.7. The van der Waals surface area contributed by atoms with Gasteiger partial charge in [-0.2, -0.15) is 0 Å². The summed E-state index contributed by atoms with van der Waals surface area (Å²) >= 11 is 0. The van der Waals surface area contributed by atoms with Crippen LogP contribution in [0.5, 0.6) is 0 Å². The zero-order valence-corrected chi connectivity index (χ0v) is 28.4. The summed E-state index contributed by atoms with van der Waals surface area (Å²) in [5.74, 6) is -2.79. The Balaban J connectivity index is 1.11. The van der Waals surface area contributed by atoms with Gasteiger partial charge in [0.2, 0.25) is 5.91 Å². The van der Waals surface area contributed by atoms with Crippen LogP contribution < -0.4 is 15.4 Å². The Labute approximate surface area is 280 Å². The molecule has 4 saturated heterocycles. The summed E-state index contributed by atoms with van der Waals surface area (Å²) in [5, 5.41) is 24.9. The number of hydrogen-bond acceptors (Lipinski definition) is 7. The molecule has 48 heavy (non-hydrogen) atoms. The number of β-lactam (4-membered cyclic amide) rings is 1. The van der Waals surface area contributed by atoms with Crippen LogP contribution in [0.25, 0.3) is 10.8 Å². The van der Waals surface area contributed by atoms with Crippen molar-refractivity contribution in [2.75, 3.05) is 76.3 Å². The van der Waals surface area contributed by atoms with Crippen LogP contribution in [0.2, 0.25) is 0 Å². The number of nitrogens with two attached hydrogens (primary N) is 1. The van der Waals surface area contributed by atoms with E-state index >= 15 is 0 Å². The highest BCUT2D eigenvalue weighted by Gasteiger charge is 2.60. The molecule has 2 amide bonds. The SMILES string of the molecule is C[C@@H](O)[C@H]1C(=O)N2C(C(=O)O)=C(CN3c4cccc5c(CC[N+]67CC[N+](CC(=O)NCCCN)(CC6)CC7)ccc(c45)S3(=O)=O)[C@H](C)[C@H]12. The monoisotopic (exact) mass is 682 g/mol. The van der Waals surface area contributed by atoms with Gasteiger partial charge in [0.05, 0.1) is 41.7 Å². The van der Waals surface area contributed by atoms with Gasteiger partial charge in [-0.25, -0.2) is 13.2 Å². The first kappa shape index (κ1) is 33.0. The summed E-state index contributed by atoms with van der Waals surface area (Å²) in [6.45, 7) is 11.7. The second-order valence-corrected chi connectivity index (χ2v) is 16.3. The number of aliphatic hydroxyl groups is 1. The molecule has 0 aromatic heterocycles. The molecule has 8 rings (SSSR count). The molecule has 6 aliphatic rings.